The lowest BCUT2D eigenvalue weighted by molar-refractivity contribution is 0.510. The predicted molar refractivity (Wildman–Crippen MR) is 136 cm³/mol. The van der Waals surface area contributed by atoms with Gasteiger partial charge in [0.15, 0.2) is 0 Å². The van der Waals surface area contributed by atoms with Gasteiger partial charge in [0.05, 0.1) is 17.1 Å². The van der Waals surface area contributed by atoms with Crippen LogP contribution in [-0.2, 0) is 38.1 Å². The number of hydrogen-bond donors (Lipinski definition) is 0. The molecule has 0 fully saturated rings. The van der Waals surface area contributed by atoms with Crippen molar-refractivity contribution in [1.29, 1.82) is 0 Å². The molecule has 0 N–H and O–H groups in total. The Balaban J connectivity index is 1.92. The van der Waals surface area contributed by atoms with E-state index in [2.05, 4.69) is 48.7 Å². The van der Waals surface area contributed by atoms with E-state index in [0.717, 1.165) is 28.7 Å². The molecule has 3 aromatic rings. The van der Waals surface area contributed by atoms with Crippen LogP contribution in [0.15, 0.2) is 81.7 Å². The molecule has 0 bridgehead atoms. The van der Waals surface area contributed by atoms with E-state index in [0.29, 0.717) is 23.5 Å². The molecular weight excluding hydrogens is 438 g/mol. The highest BCUT2D eigenvalue weighted by Gasteiger charge is 2.26. The Bertz CT molecular complexity index is 1340. The second kappa shape index (κ2) is 10.8. The lowest BCUT2D eigenvalue weighted by atomic mass is 9.75. The Hall–Kier alpha value is -4.20. The summed E-state index contributed by atoms with van der Waals surface area (Å²) in [7, 11) is 0. The van der Waals surface area contributed by atoms with Crippen LogP contribution in [0.2, 0.25) is 0 Å². The summed E-state index contributed by atoms with van der Waals surface area (Å²) in [5.41, 5.74) is 5.54. The van der Waals surface area contributed by atoms with Gasteiger partial charge in [-0.15, -0.1) is 0 Å². The van der Waals surface area contributed by atoms with Crippen LogP contribution in [-0.4, -0.2) is 18.2 Å². The van der Waals surface area contributed by atoms with Gasteiger partial charge in [0.25, 0.3) is 0 Å². The molecule has 0 atom stereocenters. The van der Waals surface area contributed by atoms with E-state index in [9.17, 15) is 14.4 Å². The molecule has 0 aromatic heterocycles. The van der Waals surface area contributed by atoms with E-state index in [1.54, 1.807) is 42.5 Å². The first-order valence-corrected chi connectivity index (χ1v) is 11.2. The van der Waals surface area contributed by atoms with Gasteiger partial charge in [0, 0.05) is 0 Å². The summed E-state index contributed by atoms with van der Waals surface area (Å²) in [5, 5.41) is 0. The van der Waals surface area contributed by atoms with Gasteiger partial charge >= 0.3 is 0 Å². The summed E-state index contributed by atoms with van der Waals surface area (Å²) in [6.45, 7) is 8.59. The molecule has 0 amide bonds. The number of aliphatic imine (C=N–C) groups is 3. The fraction of sp³-hybridized carbons (Fsp3) is 0.276. The van der Waals surface area contributed by atoms with Crippen LogP contribution in [0, 0.1) is 0 Å². The smallest absolute Gasteiger partial charge is 0.211 e. The van der Waals surface area contributed by atoms with Crippen LogP contribution in [0.1, 0.15) is 49.9 Å². The highest BCUT2D eigenvalue weighted by atomic mass is 16.1. The molecule has 0 heterocycles. The minimum Gasteiger partial charge on any atom is -0.211 e. The van der Waals surface area contributed by atoms with Crippen LogP contribution in [0.5, 0.6) is 0 Å². The first-order valence-electron chi connectivity index (χ1n) is 11.2. The topological polar surface area (TPSA) is 88.3 Å². The average molecular weight is 466 g/mol. The first-order chi connectivity index (χ1) is 16.7. The molecule has 0 unspecified atom stereocenters. The van der Waals surface area contributed by atoms with Crippen LogP contribution in [0.25, 0.3) is 0 Å². The largest absolute Gasteiger partial charge is 0.240 e. The van der Waals surface area contributed by atoms with Crippen molar-refractivity contribution in [2.24, 2.45) is 15.0 Å². The predicted octanol–water partition coefficient (Wildman–Crippen LogP) is 6.63. The van der Waals surface area contributed by atoms with E-state index >= 15 is 0 Å². The maximum atomic E-state index is 11.1. The number of rotatable bonds is 9. The molecule has 176 valence electrons. The second-order valence-electron chi connectivity index (χ2n) is 9.79. The van der Waals surface area contributed by atoms with Gasteiger partial charge in [-0.3, -0.25) is 0 Å². The number of carbonyl (C=O) groups excluding carboxylic acids is 3. The molecule has 0 aliphatic rings. The minimum absolute atomic E-state index is 0.202. The van der Waals surface area contributed by atoms with Gasteiger partial charge in [-0.05, 0) is 76.3 Å². The molecule has 0 aliphatic carbocycles. The zero-order valence-electron chi connectivity index (χ0n) is 20.3. The number of isocyanates is 3. The highest BCUT2D eigenvalue weighted by Crippen LogP contribution is 2.36. The average Bonchev–Trinajstić information content (AvgIpc) is 2.82. The van der Waals surface area contributed by atoms with Crippen LogP contribution in [0.3, 0.4) is 0 Å². The lowest BCUT2D eigenvalue weighted by Crippen LogP contribution is -2.23. The molecule has 0 saturated carbocycles. The summed E-state index contributed by atoms with van der Waals surface area (Å²) in [4.78, 5) is 43.3. The van der Waals surface area contributed by atoms with Crippen LogP contribution < -0.4 is 0 Å². The van der Waals surface area contributed by atoms with Crippen molar-refractivity contribution in [1.82, 2.24) is 0 Å². The molecule has 6 heteroatoms. The first kappa shape index (κ1) is 25.4. The summed E-state index contributed by atoms with van der Waals surface area (Å²) < 4.78 is 0. The Morgan fingerprint density at radius 3 is 1.63 bits per heavy atom. The lowest BCUT2D eigenvalue weighted by Gasteiger charge is -2.29. The van der Waals surface area contributed by atoms with Gasteiger partial charge in [-0.2, -0.15) is 15.0 Å². The van der Waals surface area contributed by atoms with Crippen LogP contribution in [0.4, 0.5) is 17.1 Å². The molecule has 3 rings (SSSR count). The van der Waals surface area contributed by atoms with Crippen molar-refractivity contribution in [2.45, 2.75) is 51.4 Å². The molecule has 0 saturated heterocycles. The molecule has 0 spiro atoms. The Morgan fingerprint density at radius 1 is 0.600 bits per heavy atom. The molecular formula is C29H27N3O3. The van der Waals surface area contributed by atoms with Gasteiger partial charge in [-0.1, -0.05) is 64.1 Å². The van der Waals surface area contributed by atoms with E-state index in [1.807, 2.05) is 36.4 Å². The zero-order chi connectivity index (χ0) is 25.5. The second-order valence-corrected chi connectivity index (χ2v) is 9.79. The third-order valence-electron chi connectivity index (χ3n) is 6.24. The normalized spacial score (nSPS) is 11.1. The quantitative estimate of drug-likeness (QED) is 0.262. The molecule has 6 nitrogen and oxygen atoms in total. The van der Waals surface area contributed by atoms with E-state index in [4.69, 9.17) is 0 Å². The maximum absolute atomic E-state index is 11.1. The minimum atomic E-state index is -0.270. The third kappa shape index (κ3) is 6.44. The molecule has 0 radical (unpaired) electrons. The molecule has 35 heavy (non-hydrogen) atoms. The third-order valence-corrected chi connectivity index (χ3v) is 6.24. The van der Waals surface area contributed by atoms with Crippen molar-refractivity contribution in [3.8, 4) is 0 Å². The summed E-state index contributed by atoms with van der Waals surface area (Å²) in [6, 6.07) is 21.0. The Kier molecular flexibility index (Phi) is 7.86. The van der Waals surface area contributed by atoms with Gasteiger partial charge in [0.1, 0.15) is 0 Å². The van der Waals surface area contributed by atoms with Crippen molar-refractivity contribution in [3.05, 3.63) is 89.0 Å². The van der Waals surface area contributed by atoms with Crippen molar-refractivity contribution >= 4 is 35.3 Å². The SMILES string of the molecule is CC(C)(Cc1ccc(N=C=O)cc1)c1ccc(N=C=O)c(CC(C)(C)c2ccc(N=C=O)cc2)c1. The maximum Gasteiger partial charge on any atom is 0.240 e. The fourth-order valence-corrected chi connectivity index (χ4v) is 4.28. The van der Waals surface area contributed by atoms with Crippen molar-refractivity contribution in [3.63, 3.8) is 0 Å². The van der Waals surface area contributed by atoms with Gasteiger partial charge in [0.2, 0.25) is 18.2 Å². The van der Waals surface area contributed by atoms with E-state index in [1.165, 1.54) is 0 Å². The number of nitrogens with zero attached hydrogens (tertiary/aromatic N) is 3. The standard InChI is InChI=1S/C29H27N3O3/c1-28(2,16-21-5-10-25(11-6-21)30-18-33)24-9-14-27(32-20-35)22(15-24)17-29(3,4)23-7-12-26(13-8-23)31-19-34/h5-15H,16-17H2,1-4H3. The van der Waals surface area contributed by atoms with E-state index in [-0.39, 0.29) is 10.8 Å². The number of benzene rings is 3. The Labute approximate surface area is 205 Å². The van der Waals surface area contributed by atoms with E-state index < -0.39 is 0 Å². The molecule has 0 aliphatic heterocycles. The van der Waals surface area contributed by atoms with Gasteiger partial charge in [-0.25, -0.2) is 14.4 Å². The zero-order valence-corrected chi connectivity index (χ0v) is 20.3. The number of hydrogen-bond acceptors (Lipinski definition) is 6. The van der Waals surface area contributed by atoms with Crippen LogP contribution >= 0.6 is 0 Å². The summed E-state index contributed by atoms with van der Waals surface area (Å²) >= 11 is 0. The Morgan fingerprint density at radius 2 is 1.09 bits per heavy atom. The highest BCUT2D eigenvalue weighted by molar-refractivity contribution is 5.57. The summed E-state index contributed by atoms with van der Waals surface area (Å²) in [6.07, 6.45) is 6.21. The molecule has 3 aromatic carbocycles. The van der Waals surface area contributed by atoms with Crippen molar-refractivity contribution in [2.75, 3.05) is 0 Å². The fourth-order valence-electron chi connectivity index (χ4n) is 4.28. The van der Waals surface area contributed by atoms with Crippen molar-refractivity contribution < 1.29 is 14.4 Å². The monoisotopic (exact) mass is 465 g/mol. The van der Waals surface area contributed by atoms with Gasteiger partial charge < -0.3 is 0 Å². The summed E-state index contributed by atoms with van der Waals surface area (Å²) in [5.74, 6) is 0.